The first-order valence-electron chi connectivity index (χ1n) is 14.5. The third-order valence-corrected chi connectivity index (χ3v) is 7.90. The van der Waals surface area contributed by atoms with Crippen LogP contribution in [-0.4, -0.2) is 82.6 Å². The molecule has 0 spiro atoms. The molecule has 2 aliphatic heterocycles. The van der Waals surface area contributed by atoms with Crippen LogP contribution >= 0.6 is 0 Å². The summed E-state index contributed by atoms with van der Waals surface area (Å²) in [6.07, 6.45) is -6.29. The van der Waals surface area contributed by atoms with Gasteiger partial charge in [0.1, 0.15) is 17.4 Å². The van der Waals surface area contributed by atoms with Gasteiger partial charge in [-0.05, 0) is 30.5 Å². The van der Waals surface area contributed by atoms with E-state index in [1.165, 1.54) is 7.11 Å². The van der Waals surface area contributed by atoms with E-state index in [1.807, 2.05) is 0 Å². The van der Waals surface area contributed by atoms with Crippen LogP contribution in [0.15, 0.2) is 47.7 Å². The third-order valence-electron chi connectivity index (χ3n) is 7.90. The molecule has 5 rings (SSSR count). The highest BCUT2D eigenvalue weighted by Gasteiger charge is 2.40. The minimum Gasteiger partial charge on any atom is -0.497 e. The number of alkyl halides is 6. The van der Waals surface area contributed by atoms with E-state index in [2.05, 4.69) is 20.4 Å². The number of aromatic nitrogens is 4. The lowest BCUT2D eigenvalue weighted by atomic mass is 10.0. The van der Waals surface area contributed by atoms with Crippen LogP contribution in [0.25, 0.3) is 0 Å². The largest absolute Gasteiger partial charge is 0.497 e. The first kappa shape index (κ1) is 33.0. The van der Waals surface area contributed by atoms with Crippen LogP contribution in [0.4, 0.5) is 38.0 Å². The average molecular weight is 656 g/mol. The van der Waals surface area contributed by atoms with Crippen molar-refractivity contribution >= 4 is 17.5 Å². The molecule has 11 nitrogen and oxygen atoms in total. The first-order chi connectivity index (χ1) is 21.8. The lowest BCUT2D eigenvalue weighted by molar-refractivity contribution is -0.139. The van der Waals surface area contributed by atoms with Gasteiger partial charge in [0.15, 0.2) is 0 Å². The van der Waals surface area contributed by atoms with Gasteiger partial charge in [-0.2, -0.15) is 31.4 Å². The van der Waals surface area contributed by atoms with E-state index in [4.69, 9.17) is 9.47 Å². The molecule has 2 saturated heterocycles. The van der Waals surface area contributed by atoms with E-state index in [0.717, 1.165) is 23.3 Å². The van der Waals surface area contributed by atoms with Crippen molar-refractivity contribution in [2.24, 2.45) is 0 Å². The summed E-state index contributed by atoms with van der Waals surface area (Å²) in [5.41, 5.74) is -3.54. The second-order valence-corrected chi connectivity index (χ2v) is 10.8. The standard InChI is InChI=1S/C29H31F6N7O4/c1-45-21-4-2-18(3-5-21)17-42-26(44)24(29(33,34)35)22(16-39-42)36-9-13-46-23-8-12-41(25(23)43)20-6-10-40(11-7-20)27-37-14-19(15-38-27)28(30,31)32/h2-5,14-16,20,23,36H,6-13,17H2,1H3/t23-/m1/s1. The summed E-state index contributed by atoms with van der Waals surface area (Å²) in [6.45, 7) is 0.958. The van der Waals surface area contributed by atoms with Crippen molar-refractivity contribution in [3.05, 3.63) is 69.9 Å². The Morgan fingerprint density at radius 1 is 0.913 bits per heavy atom. The molecular formula is C29H31F6N7O4. The number of ether oxygens (including phenoxy) is 2. The molecule has 248 valence electrons. The van der Waals surface area contributed by atoms with Crippen molar-refractivity contribution in [2.45, 2.75) is 50.3 Å². The van der Waals surface area contributed by atoms with Gasteiger partial charge < -0.3 is 24.6 Å². The van der Waals surface area contributed by atoms with Crippen molar-refractivity contribution in [3.63, 3.8) is 0 Å². The molecule has 46 heavy (non-hydrogen) atoms. The van der Waals surface area contributed by atoms with Crippen LogP contribution < -0.4 is 20.5 Å². The molecule has 0 aliphatic carbocycles. The molecule has 17 heteroatoms. The summed E-state index contributed by atoms with van der Waals surface area (Å²) in [4.78, 5) is 36.9. The number of benzene rings is 1. The van der Waals surface area contributed by atoms with Gasteiger partial charge in [-0.1, -0.05) is 12.1 Å². The number of piperidine rings is 1. The van der Waals surface area contributed by atoms with E-state index in [-0.39, 0.29) is 37.6 Å². The highest BCUT2D eigenvalue weighted by Crippen LogP contribution is 2.32. The van der Waals surface area contributed by atoms with E-state index in [9.17, 15) is 35.9 Å². The Hall–Kier alpha value is -4.41. The Morgan fingerprint density at radius 2 is 1.59 bits per heavy atom. The van der Waals surface area contributed by atoms with Crippen molar-refractivity contribution < 1.29 is 40.6 Å². The lowest BCUT2D eigenvalue weighted by Gasteiger charge is -2.36. The fraction of sp³-hybridized carbons (Fsp3) is 0.483. The number of rotatable bonds is 10. The minimum atomic E-state index is -4.94. The predicted molar refractivity (Wildman–Crippen MR) is 152 cm³/mol. The number of hydrogen-bond acceptors (Lipinski definition) is 9. The molecule has 1 atom stereocenters. The summed E-state index contributed by atoms with van der Waals surface area (Å²) in [5, 5.41) is 6.48. The third kappa shape index (κ3) is 7.51. The molecular weight excluding hydrogens is 624 g/mol. The van der Waals surface area contributed by atoms with Gasteiger partial charge in [0.2, 0.25) is 5.95 Å². The van der Waals surface area contributed by atoms with Gasteiger partial charge >= 0.3 is 12.4 Å². The maximum Gasteiger partial charge on any atom is 0.423 e. The van der Waals surface area contributed by atoms with E-state index in [0.29, 0.717) is 50.2 Å². The smallest absolute Gasteiger partial charge is 0.423 e. The van der Waals surface area contributed by atoms with Gasteiger partial charge in [-0.3, -0.25) is 9.59 Å². The first-order valence-corrected chi connectivity index (χ1v) is 14.5. The zero-order valence-corrected chi connectivity index (χ0v) is 24.6. The molecule has 0 saturated carbocycles. The summed E-state index contributed by atoms with van der Waals surface area (Å²) < 4.78 is 91.6. The zero-order chi connectivity index (χ0) is 33.1. The molecule has 1 aromatic carbocycles. The van der Waals surface area contributed by atoms with Gasteiger partial charge in [-0.15, -0.1) is 0 Å². The Kier molecular flexibility index (Phi) is 9.69. The molecule has 0 radical (unpaired) electrons. The molecule has 2 fully saturated rings. The van der Waals surface area contributed by atoms with Crippen LogP contribution in [0.2, 0.25) is 0 Å². The van der Waals surface area contributed by atoms with E-state index >= 15 is 0 Å². The Balaban J connectivity index is 1.11. The van der Waals surface area contributed by atoms with Gasteiger partial charge in [0, 0.05) is 51.0 Å². The van der Waals surface area contributed by atoms with Crippen molar-refractivity contribution in [1.29, 1.82) is 0 Å². The monoisotopic (exact) mass is 655 g/mol. The topological polar surface area (TPSA) is 115 Å². The van der Waals surface area contributed by atoms with Gasteiger partial charge in [0.25, 0.3) is 11.5 Å². The van der Waals surface area contributed by atoms with Crippen molar-refractivity contribution in [2.75, 3.05) is 50.1 Å². The van der Waals surface area contributed by atoms with Crippen LogP contribution in [0.3, 0.4) is 0 Å². The second-order valence-electron chi connectivity index (χ2n) is 10.8. The average Bonchev–Trinajstić information content (AvgIpc) is 3.39. The summed E-state index contributed by atoms with van der Waals surface area (Å²) in [7, 11) is 1.48. The Labute approximate surface area is 259 Å². The number of anilines is 2. The number of nitrogens with one attached hydrogen (secondary N) is 1. The van der Waals surface area contributed by atoms with E-state index < -0.39 is 40.8 Å². The number of amides is 1. The molecule has 2 aromatic heterocycles. The maximum absolute atomic E-state index is 13.9. The van der Waals surface area contributed by atoms with Crippen LogP contribution in [-0.2, 0) is 28.4 Å². The lowest BCUT2D eigenvalue weighted by Crippen LogP contribution is -2.47. The fourth-order valence-electron chi connectivity index (χ4n) is 5.50. The van der Waals surface area contributed by atoms with Gasteiger partial charge in [-0.25, -0.2) is 14.6 Å². The van der Waals surface area contributed by atoms with E-state index in [1.54, 1.807) is 34.1 Å². The number of likely N-dealkylation sites (tertiary alicyclic amines) is 1. The van der Waals surface area contributed by atoms with Crippen molar-refractivity contribution in [1.82, 2.24) is 24.6 Å². The Morgan fingerprint density at radius 3 is 2.20 bits per heavy atom. The quantitative estimate of drug-likeness (QED) is 0.257. The number of hydrogen-bond donors (Lipinski definition) is 1. The van der Waals surface area contributed by atoms with Gasteiger partial charge in [0.05, 0.1) is 37.7 Å². The fourth-order valence-corrected chi connectivity index (χ4v) is 5.50. The molecule has 4 heterocycles. The van der Waals surface area contributed by atoms with Crippen LogP contribution in [0.1, 0.15) is 36.0 Å². The SMILES string of the molecule is COc1ccc(Cn2ncc(NCCO[C@@H]3CCN(C4CCN(c5ncc(C(F)(F)F)cn5)CC4)C3=O)c(C(F)(F)F)c2=O)cc1. The number of methoxy groups -OCH3 is 1. The summed E-state index contributed by atoms with van der Waals surface area (Å²) in [5.74, 6) is 0.513. The Bertz CT molecular complexity index is 1560. The molecule has 1 amide bonds. The van der Waals surface area contributed by atoms with Crippen molar-refractivity contribution in [3.8, 4) is 5.75 Å². The van der Waals surface area contributed by atoms with Crippen LogP contribution in [0, 0.1) is 0 Å². The van der Waals surface area contributed by atoms with Crippen LogP contribution in [0.5, 0.6) is 5.75 Å². The predicted octanol–water partition coefficient (Wildman–Crippen LogP) is 3.83. The maximum atomic E-state index is 13.9. The normalized spacial score (nSPS) is 17.9. The number of carbonyl (C=O) groups excluding carboxylic acids is 1. The summed E-state index contributed by atoms with van der Waals surface area (Å²) in [6, 6.07) is 6.39. The highest BCUT2D eigenvalue weighted by molar-refractivity contribution is 5.83. The second kappa shape index (κ2) is 13.5. The number of nitrogens with zero attached hydrogens (tertiary/aromatic N) is 6. The molecule has 0 unspecified atom stereocenters. The zero-order valence-electron chi connectivity index (χ0n) is 24.6. The number of halogens is 6. The molecule has 2 aliphatic rings. The number of carbonyl (C=O) groups is 1. The molecule has 0 bridgehead atoms. The highest BCUT2D eigenvalue weighted by atomic mass is 19.4. The molecule has 1 N–H and O–H groups in total. The summed E-state index contributed by atoms with van der Waals surface area (Å²) >= 11 is 0. The molecule has 3 aromatic rings. The minimum absolute atomic E-state index is 0.0970.